The van der Waals surface area contributed by atoms with Crippen LogP contribution in [0.25, 0.3) is 11.3 Å². The van der Waals surface area contributed by atoms with Gasteiger partial charge in [-0.2, -0.15) is 0 Å². The second kappa shape index (κ2) is 11.9. The third-order valence-electron chi connectivity index (χ3n) is 7.29. The number of pyridine rings is 2. The molecule has 4 rings (SSSR count). The third-order valence-corrected chi connectivity index (χ3v) is 7.29. The van der Waals surface area contributed by atoms with Crippen LogP contribution in [0, 0.1) is 18.2 Å². The van der Waals surface area contributed by atoms with E-state index in [0.717, 1.165) is 37.2 Å². The van der Waals surface area contributed by atoms with E-state index in [9.17, 15) is 14.3 Å². The summed E-state index contributed by atoms with van der Waals surface area (Å²) in [6.45, 7) is 13.8. The zero-order valence-corrected chi connectivity index (χ0v) is 24.3. The first kappa shape index (κ1) is 29.5. The minimum absolute atomic E-state index is 0.215. The maximum Gasteiger partial charge on any atom is 0.337 e. The van der Waals surface area contributed by atoms with Gasteiger partial charge in [0.2, 0.25) is 0 Å². The first-order chi connectivity index (χ1) is 18.8. The first-order valence-corrected chi connectivity index (χ1v) is 13.8. The zero-order valence-electron chi connectivity index (χ0n) is 24.3. The van der Waals surface area contributed by atoms with Gasteiger partial charge < -0.3 is 19.5 Å². The molecular weight excluding hydrogens is 509 g/mol. The summed E-state index contributed by atoms with van der Waals surface area (Å²) >= 11 is 0. The highest BCUT2D eigenvalue weighted by Gasteiger charge is 2.36. The highest BCUT2D eigenvalue weighted by atomic mass is 19.1. The minimum atomic E-state index is -1.18. The van der Waals surface area contributed by atoms with Gasteiger partial charge in [0, 0.05) is 42.5 Å². The SMILES string of the molecule is Cc1ncc(-c2ccc(OCCc3ccccc3F)cn2)c(N2CCC(C)(C)CC2)c1C(OC(C)(C)C)C(=O)O. The van der Waals surface area contributed by atoms with Gasteiger partial charge in [-0.05, 0) is 69.7 Å². The van der Waals surface area contributed by atoms with E-state index in [0.29, 0.717) is 41.3 Å². The van der Waals surface area contributed by atoms with Crippen molar-refractivity contribution in [2.45, 2.75) is 72.5 Å². The molecule has 7 nitrogen and oxygen atoms in total. The summed E-state index contributed by atoms with van der Waals surface area (Å²) in [6, 6.07) is 10.3. The second-order valence-electron chi connectivity index (χ2n) is 12.2. The molecule has 3 heterocycles. The Kier molecular flexibility index (Phi) is 8.78. The number of hydrogen-bond donors (Lipinski definition) is 1. The average molecular weight is 550 g/mol. The maximum atomic E-state index is 13.9. The Morgan fingerprint density at radius 1 is 1.10 bits per heavy atom. The number of carboxylic acids is 1. The Hall–Kier alpha value is -3.52. The molecule has 1 atom stereocenters. The van der Waals surface area contributed by atoms with Crippen LogP contribution in [-0.2, 0) is 16.0 Å². The fourth-order valence-corrected chi connectivity index (χ4v) is 4.98. The monoisotopic (exact) mass is 549 g/mol. The number of carbonyl (C=O) groups is 1. The topological polar surface area (TPSA) is 84.8 Å². The molecule has 1 aliphatic heterocycles. The van der Waals surface area contributed by atoms with Gasteiger partial charge in [-0.1, -0.05) is 32.0 Å². The summed E-state index contributed by atoms with van der Waals surface area (Å²) in [6.07, 6.45) is 4.63. The fraction of sp³-hybridized carbons (Fsp3) is 0.469. The van der Waals surface area contributed by atoms with Gasteiger partial charge in [0.05, 0.1) is 29.8 Å². The molecule has 0 aliphatic carbocycles. The molecule has 1 aliphatic rings. The molecule has 40 heavy (non-hydrogen) atoms. The van der Waals surface area contributed by atoms with Crippen LogP contribution in [0.15, 0.2) is 48.8 Å². The number of rotatable bonds is 9. The number of aliphatic carboxylic acids is 1. The highest BCUT2D eigenvalue weighted by Crippen LogP contribution is 2.43. The molecule has 0 bridgehead atoms. The van der Waals surface area contributed by atoms with Crippen molar-refractivity contribution in [2.24, 2.45) is 5.41 Å². The largest absolute Gasteiger partial charge is 0.492 e. The third kappa shape index (κ3) is 7.16. The quantitative estimate of drug-likeness (QED) is 0.315. The highest BCUT2D eigenvalue weighted by molar-refractivity contribution is 5.85. The van der Waals surface area contributed by atoms with Crippen LogP contribution >= 0.6 is 0 Å². The minimum Gasteiger partial charge on any atom is -0.492 e. The van der Waals surface area contributed by atoms with E-state index in [1.165, 1.54) is 6.07 Å². The van der Waals surface area contributed by atoms with Crippen LogP contribution in [0.4, 0.5) is 10.1 Å². The zero-order chi connectivity index (χ0) is 29.1. The van der Waals surface area contributed by atoms with E-state index in [-0.39, 0.29) is 11.2 Å². The molecule has 1 saturated heterocycles. The summed E-state index contributed by atoms with van der Waals surface area (Å²) in [5, 5.41) is 10.3. The lowest BCUT2D eigenvalue weighted by Crippen LogP contribution is -2.39. The Morgan fingerprint density at radius 3 is 2.40 bits per heavy atom. The standard InChI is InChI=1S/C32H40FN3O4/c1-21-27(29(30(37)38)40-31(2,3)4)28(36-16-14-32(5,6)15-17-36)24(20-34-21)26-12-11-23(19-35-26)39-18-13-22-9-7-8-10-25(22)33/h7-12,19-20,29H,13-18H2,1-6H3,(H,37,38). The van der Waals surface area contributed by atoms with E-state index in [4.69, 9.17) is 9.47 Å². The van der Waals surface area contributed by atoms with Crippen molar-refractivity contribution in [1.82, 2.24) is 9.97 Å². The van der Waals surface area contributed by atoms with Gasteiger partial charge in [-0.3, -0.25) is 9.97 Å². The van der Waals surface area contributed by atoms with Crippen molar-refractivity contribution in [3.05, 3.63) is 71.4 Å². The number of nitrogens with zero attached hydrogens (tertiary/aromatic N) is 3. The Morgan fingerprint density at radius 2 is 1.80 bits per heavy atom. The van der Waals surface area contributed by atoms with E-state index in [1.54, 1.807) is 30.6 Å². The number of aromatic nitrogens is 2. The molecule has 0 amide bonds. The molecular formula is C32H40FN3O4. The number of benzene rings is 1. The Bertz CT molecular complexity index is 1320. The van der Waals surface area contributed by atoms with Gasteiger partial charge in [0.15, 0.2) is 6.10 Å². The van der Waals surface area contributed by atoms with Crippen LogP contribution in [-0.4, -0.2) is 46.3 Å². The van der Waals surface area contributed by atoms with Crippen LogP contribution in [0.2, 0.25) is 0 Å². The smallest absolute Gasteiger partial charge is 0.337 e. The van der Waals surface area contributed by atoms with Crippen molar-refractivity contribution in [3.63, 3.8) is 0 Å². The predicted octanol–water partition coefficient (Wildman–Crippen LogP) is 6.78. The van der Waals surface area contributed by atoms with Crippen molar-refractivity contribution in [2.75, 3.05) is 24.6 Å². The summed E-state index contributed by atoms with van der Waals surface area (Å²) in [5.41, 5.74) is 3.54. The van der Waals surface area contributed by atoms with Crippen LogP contribution < -0.4 is 9.64 Å². The number of piperidine rings is 1. The van der Waals surface area contributed by atoms with Gasteiger partial charge in [0.25, 0.3) is 0 Å². The van der Waals surface area contributed by atoms with Gasteiger partial charge >= 0.3 is 5.97 Å². The van der Waals surface area contributed by atoms with Crippen molar-refractivity contribution < 1.29 is 23.8 Å². The molecule has 1 aromatic carbocycles. The molecule has 1 N–H and O–H groups in total. The Labute approximate surface area is 236 Å². The first-order valence-electron chi connectivity index (χ1n) is 13.8. The van der Waals surface area contributed by atoms with Crippen LogP contribution in [0.3, 0.4) is 0 Å². The Balaban J connectivity index is 1.68. The molecule has 2 aromatic heterocycles. The van der Waals surface area contributed by atoms with E-state index in [1.807, 2.05) is 39.8 Å². The number of carboxylic acid groups (broad SMARTS) is 1. The summed E-state index contributed by atoms with van der Waals surface area (Å²) in [4.78, 5) is 24.1. The van der Waals surface area contributed by atoms with Crippen LogP contribution in [0.1, 0.15) is 70.4 Å². The number of hydrogen-bond acceptors (Lipinski definition) is 6. The van der Waals surface area contributed by atoms with Crippen molar-refractivity contribution >= 4 is 11.7 Å². The molecule has 0 radical (unpaired) electrons. The average Bonchev–Trinajstić information content (AvgIpc) is 2.88. The van der Waals surface area contributed by atoms with Gasteiger partial charge in [-0.15, -0.1) is 0 Å². The molecule has 0 saturated carbocycles. The lowest BCUT2D eigenvalue weighted by molar-refractivity contribution is -0.160. The molecule has 1 fully saturated rings. The lowest BCUT2D eigenvalue weighted by atomic mass is 9.82. The van der Waals surface area contributed by atoms with Crippen molar-refractivity contribution in [3.8, 4) is 17.0 Å². The number of aryl methyl sites for hydroxylation is 1. The predicted molar refractivity (Wildman–Crippen MR) is 154 cm³/mol. The second-order valence-corrected chi connectivity index (χ2v) is 12.2. The molecule has 214 valence electrons. The lowest BCUT2D eigenvalue weighted by Gasteiger charge is -2.40. The van der Waals surface area contributed by atoms with Crippen LogP contribution in [0.5, 0.6) is 5.75 Å². The van der Waals surface area contributed by atoms with Gasteiger partial charge in [-0.25, -0.2) is 9.18 Å². The van der Waals surface area contributed by atoms with E-state index >= 15 is 0 Å². The molecule has 8 heteroatoms. The van der Waals surface area contributed by atoms with E-state index < -0.39 is 17.7 Å². The number of ether oxygens (including phenoxy) is 2. The molecule has 3 aromatic rings. The maximum absolute atomic E-state index is 13.9. The fourth-order valence-electron chi connectivity index (χ4n) is 4.98. The van der Waals surface area contributed by atoms with Crippen molar-refractivity contribution in [1.29, 1.82) is 0 Å². The molecule has 0 spiro atoms. The number of anilines is 1. The summed E-state index contributed by atoms with van der Waals surface area (Å²) in [7, 11) is 0. The summed E-state index contributed by atoms with van der Waals surface area (Å²) in [5.74, 6) is -0.728. The van der Waals surface area contributed by atoms with Gasteiger partial charge in [0.1, 0.15) is 11.6 Å². The normalized spacial score (nSPS) is 16.0. The number of halogens is 1. The van der Waals surface area contributed by atoms with E-state index in [2.05, 4.69) is 28.7 Å². The summed E-state index contributed by atoms with van der Waals surface area (Å²) < 4.78 is 25.9. The molecule has 1 unspecified atom stereocenters.